The van der Waals surface area contributed by atoms with Crippen molar-refractivity contribution in [2.24, 2.45) is 0 Å². The van der Waals surface area contributed by atoms with Crippen molar-refractivity contribution in [3.8, 4) is 22.6 Å². The third kappa shape index (κ3) is 2.33. The number of hydrogen-bond acceptors (Lipinski definition) is 4. The van der Waals surface area contributed by atoms with Gasteiger partial charge in [0.25, 0.3) is 11.8 Å². The highest BCUT2D eigenvalue weighted by Gasteiger charge is 2.25. The molecule has 0 saturated heterocycles. The zero-order valence-corrected chi connectivity index (χ0v) is 11.8. The number of methoxy groups -OCH3 is 1. The number of carbonyl (C=O) groups excluding carboxylic acids is 2. The lowest BCUT2D eigenvalue weighted by Gasteiger charge is -2.13. The summed E-state index contributed by atoms with van der Waals surface area (Å²) >= 11 is 0. The van der Waals surface area contributed by atoms with E-state index in [2.05, 4.69) is 5.32 Å². The molecule has 0 aromatic heterocycles. The van der Waals surface area contributed by atoms with Crippen molar-refractivity contribution in [2.75, 3.05) is 7.11 Å². The third-order valence-corrected chi connectivity index (χ3v) is 3.45. The summed E-state index contributed by atoms with van der Waals surface area (Å²) in [7, 11) is 1.55. The summed E-state index contributed by atoms with van der Waals surface area (Å²) in [6, 6.07) is 11.9. The Morgan fingerprint density at radius 2 is 1.77 bits per heavy atom. The molecule has 0 bridgehead atoms. The fraction of sp³-hybridized carbons (Fsp3) is 0.0588. The number of ether oxygens (including phenoxy) is 1. The van der Waals surface area contributed by atoms with E-state index in [4.69, 9.17) is 4.74 Å². The van der Waals surface area contributed by atoms with Gasteiger partial charge in [-0.05, 0) is 35.4 Å². The summed E-state index contributed by atoms with van der Waals surface area (Å²) in [5.74, 6) is -0.222. The van der Waals surface area contributed by atoms with Crippen LogP contribution in [0.25, 0.3) is 16.7 Å². The van der Waals surface area contributed by atoms with E-state index in [1.54, 1.807) is 25.3 Å². The van der Waals surface area contributed by atoms with Crippen LogP contribution < -0.4 is 10.1 Å². The monoisotopic (exact) mass is 295 g/mol. The summed E-state index contributed by atoms with van der Waals surface area (Å²) in [5, 5.41) is 12.0. The van der Waals surface area contributed by atoms with E-state index >= 15 is 0 Å². The molecule has 5 heteroatoms. The average Bonchev–Trinajstić information content (AvgIpc) is 2.85. The zero-order chi connectivity index (χ0) is 15.7. The number of phenolic OH excluding ortho intramolecular Hbond substituents is 1. The maximum atomic E-state index is 11.9. The number of amides is 2. The van der Waals surface area contributed by atoms with Crippen molar-refractivity contribution < 1.29 is 19.4 Å². The van der Waals surface area contributed by atoms with Crippen molar-refractivity contribution >= 4 is 17.4 Å². The fourth-order valence-electron chi connectivity index (χ4n) is 2.47. The van der Waals surface area contributed by atoms with Gasteiger partial charge in [-0.3, -0.25) is 14.9 Å². The molecule has 1 aliphatic rings. The van der Waals surface area contributed by atoms with E-state index in [1.165, 1.54) is 12.1 Å². The lowest BCUT2D eigenvalue weighted by molar-refractivity contribution is -0.123. The quantitative estimate of drug-likeness (QED) is 0.850. The predicted molar refractivity (Wildman–Crippen MR) is 81.2 cm³/mol. The fourth-order valence-corrected chi connectivity index (χ4v) is 2.47. The molecule has 0 saturated carbocycles. The Labute approximate surface area is 126 Å². The van der Waals surface area contributed by atoms with Crippen molar-refractivity contribution in [3.63, 3.8) is 0 Å². The van der Waals surface area contributed by atoms with Crippen molar-refractivity contribution in [1.29, 1.82) is 0 Å². The maximum absolute atomic E-state index is 11.9. The van der Waals surface area contributed by atoms with Gasteiger partial charge in [0, 0.05) is 11.6 Å². The maximum Gasteiger partial charge on any atom is 0.258 e. The molecule has 0 unspecified atom stereocenters. The van der Waals surface area contributed by atoms with Crippen molar-refractivity contribution in [3.05, 3.63) is 54.1 Å². The summed E-state index contributed by atoms with van der Waals surface area (Å²) in [6.45, 7) is 0. The van der Waals surface area contributed by atoms with Gasteiger partial charge in [0.1, 0.15) is 11.5 Å². The number of carbonyl (C=O) groups is 2. The molecule has 110 valence electrons. The minimum Gasteiger partial charge on any atom is -0.508 e. The van der Waals surface area contributed by atoms with E-state index in [0.29, 0.717) is 16.9 Å². The summed E-state index contributed by atoms with van der Waals surface area (Å²) in [6.07, 6.45) is 1.26. The molecule has 0 fully saturated rings. The normalized spacial score (nSPS) is 13.8. The van der Waals surface area contributed by atoms with E-state index < -0.39 is 11.8 Å². The van der Waals surface area contributed by atoms with Crippen molar-refractivity contribution in [2.45, 2.75) is 0 Å². The van der Waals surface area contributed by atoms with E-state index in [9.17, 15) is 14.7 Å². The third-order valence-electron chi connectivity index (χ3n) is 3.45. The Morgan fingerprint density at radius 3 is 2.45 bits per heavy atom. The first-order chi connectivity index (χ1) is 10.6. The second-order valence-corrected chi connectivity index (χ2v) is 4.81. The van der Waals surface area contributed by atoms with Crippen LogP contribution in [0, 0.1) is 0 Å². The lowest BCUT2D eigenvalue weighted by Crippen LogP contribution is -2.21. The highest BCUT2D eigenvalue weighted by atomic mass is 16.5. The van der Waals surface area contributed by atoms with Crippen LogP contribution in [-0.4, -0.2) is 24.0 Å². The topological polar surface area (TPSA) is 75.6 Å². The zero-order valence-electron chi connectivity index (χ0n) is 11.8. The molecule has 3 rings (SSSR count). The number of benzene rings is 2. The molecule has 22 heavy (non-hydrogen) atoms. The largest absolute Gasteiger partial charge is 0.508 e. The predicted octanol–water partition coefficient (Wildman–Crippen LogP) is 2.11. The van der Waals surface area contributed by atoms with Gasteiger partial charge in [-0.15, -0.1) is 0 Å². The van der Waals surface area contributed by atoms with Crippen LogP contribution in [0.15, 0.2) is 48.5 Å². The number of hydrogen-bond donors (Lipinski definition) is 2. The molecule has 0 atom stereocenters. The van der Waals surface area contributed by atoms with Crippen LogP contribution in [0.5, 0.6) is 11.5 Å². The van der Waals surface area contributed by atoms with E-state index in [1.807, 2.05) is 18.2 Å². The second-order valence-electron chi connectivity index (χ2n) is 4.81. The van der Waals surface area contributed by atoms with Crippen LogP contribution in [0.3, 0.4) is 0 Å². The molecular formula is C17H13NO4. The van der Waals surface area contributed by atoms with Gasteiger partial charge < -0.3 is 9.84 Å². The smallest absolute Gasteiger partial charge is 0.258 e. The first-order valence-corrected chi connectivity index (χ1v) is 6.64. The summed E-state index contributed by atoms with van der Waals surface area (Å²) in [5.41, 5.74) is 2.18. The van der Waals surface area contributed by atoms with Gasteiger partial charge in [0.05, 0.1) is 12.7 Å². The summed E-state index contributed by atoms with van der Waals surface area (Å²) < 4.78 is 5.34. The molecule has 2 aromatic carbocycles. The second kappa shape index (κ2) is 5.37. The van der Waals surface area contributed by atoms with Crippen LogP contribution in [0.4, 0.5) is 0 Å². The molecule has 1 aliphatic heterocycles. The number of imide groups is 1. The van der Waals surface area contributed by atoms with Crippen LogP contribution in [0.1, 0.15) is 5.56 Å². The number of phenols is 1. The summed E-state index contributed by atoms with van der Waals surface area (Å²) in [4.78, 5) is 23.3. The first kappa shape index (κ1) is 13.9. The average molecular weight is 295 g/mol. The first-order valence-electron chi connectivity index (χ1n) is 6.64. The number of nitrogens with one attached hydrogen (secondary N) is 1. The molecule has 2 amide bonds. The standard InChI is InChI=1S/C17H13NO4/c1-22-15-5-3-2-4-12(15)13-8-10(19)6-7-11(13)14-9-16(20)18-17(14)21/h2-9,19H,1H3,(H,18,20,21). The highest BCUT2D eigenvalue weighted by molar-refractivity contribution is 6.34. The van der Waals surface area contributed by atoms with E-state index in [0.717, 1.165) is 5.56 Å². The van der Waals surface area contributed by atoms with Crippen LogP contribution in [-0.2, 0) is 9.59 Å². The molecule has 5 nitrogen and oxygen atoms in total. The van der Waals surface area contributed by atoms with E-state index in [-0.39, 0.29) is 11.3 Å². The molecule has 0 spiro atoms. The lowest BCUT2D eigenvalue weighted by atomic mass is 9.93. The number of rotatable bonds is 3. The Balaban J connectivity index is 2.24. The van der Waals surface area contributed by atoms with Gasteiger partial charge in [-0.2, -0.15) is 0 Å². The van der Waals surface area contributed by atoms with Gasteiger partial charge in [-0.25, -0.2) is 0 Å². The van der Waals surface area contributed by atoms with Gasteiger partial charge in [-0.1, -0.05) is 18.2 Å². The molecule has 2 N–H and O–H groups in total. The van der Waals surface area contributed by atoms with Gasteiger partial charge in [0.2, 0.25) is 0 Å². The van der Waals surface area contributed by atoms with Gasteiger partial charge >= 0.3 is 0 Å². The Bertz CT molecular complexity index is 808. The Hall–Kier alpha value is -3.08. The SMILES string of the molecule is COc1ccccc1-c1cc(O)ccc1C1=CC(=O)NC1=O. The van der Waals surface area contributed by atoms with Crippen LogP contribution >= 0.6 is 0 Å². The van der Waals surface area contributed by atoms with Crippen molar-refractivity contribution in [1.82, 2.24) is 5.32 Å². The minimum atomic E-state index is -0.452. The minimum absolute atomic E-state index is 0.0648. The highest BCUT2D eigenvalue weighted by Crippen LogP contribution is 2.37. The van der Waals surface area contributed by atoms with Gasteiger partial charge in [0.15, 0.2) is 0 Å². The molecule has 1 heterocycles. The van der Waals surface area contributed by atoms with Crippen LogP contribution in [0.2, 0.25) is 0 Å². The number of aromatic hydroxyl groups is 1. The molecular weight excluding hydrogens is 282 g/mol. The Kier molecular flexibility index (Phi) is 3.39. The molecule has 0 aliphatic carbocycles. The molecule has 0 radical (unpaired) electrons. The molecule has 2 aromatic rings. The number of para-hydroxylation sites is 1. The Morgan fingerprint density at radius 1 is 1.00 bits per heavy atom.